The van der Waals surface area contributed by atoms with Gasteiger partial charge in [-0.1, -0.05) is 43.2 Å². The number of hydrogen-bond donors (Lipinski definition) is 1. The highest BCUT2D eigenvalue weighted by Gasteiger charge is 2.35. The Labute approximate surface area is 253 Å². The number of aliphatic hydroxyl groups is 1. The molecule has 10 heteroatoms. The number of aliphatic hydroxyl groups excluding tert-OH is 1. The summed E-state index contributed by atoms with van der Waals surface area (Å²) < 4.78 is 47.2. The standard InChI is InChI=1S/C33H40O9S/c1-22-5-13-29(14-6-22)43(37,38)39-21-26(35)18-24-8-10-27(11-9-24)40-31(30-15-7-23(2)17-25(30)20-34)16-12-28-19-32(36)42-33(3,4)41-28/h5-6,8-14,16,19-20,23,25-26,30-31,35H,7,15,17-18,21H2,1-4H3/b16-12+/t23-,25+,26-,30-,31-/m1/s1. The molecule has 4 rings (SSSR count). The summed E-state index contributed by atoms with van der Waals surface area (Å²) in [5, 5.41) is 10.5. The number of aldehydes is 1. The van der Waals surface area contributed by atoms with Gasteiger partial charge in [-0.05, 0) is 67.7 Å². The molecule has 0 aromatic heterocycles. The van der Waals surface area contributed by atoms with Gasteiger partial charge in [0, 0.05) is 32.1 Å². The summed E-state index contributed by atoms with van der Waals surface area (Å²) in [5.41, 5.74) is 1.69. The Morgan fingerprint density at radius 3 is 2.42 bits per heavy atom. The Kier molecular flexibility index (Phi) is 10.5. The molecule has 0 bridgehead atoms. The highest BCUT2D eigenvalue weighted by atomic mass is 32.2. The smallest absolute Gasteiger partial charge is 0.337 e. The second-order valence-corrected chi connectivity index (χ2v) is 13.5. The van der Waals surface area contributed by atoms with Crippen LogP contribution in [0.5, 0.6) is 5.75 Å². The molecule has 0 saturated heterocycles. The monoisotopic (exact) mass is 612 g/mol. The highest BCUT2D eigenvalue weighted by molar-refractivity contribution is 7.86. The Bertz CT molecular complexity index is 1430. The van der Waals surface area contributed by atoms with E-state index in [1.165, 1.54) is 18.2 Å². The Morgan fingerprint density at radius 2 is 1.77 bits per heavy atom. The van der Waals surface area contributed by atoms with Crippen LogP contribution in [0.1, 0.15) is 51.2 Å². The molecule has 232 valence electrons. The van der Waals surface area contributed by atoms with Gasteiger partial charge in [-0.3, -0.25) is 4.18 Å². The predicted molar refractivity (Wildman–Crippen MR) is 159 cm³/mol. The summed E-state index contributed by atoms with van der Waals surface area (Å²) in [7, 11) is -3.98. The molecule has 1 aliphatic heterocycles. The van der Waals surface area contributed by atoms with Crippen LogP contribution in [0.2, 0.25) is 0 Å². The third-order valence-corrected chi connectivity index (χ3v) is 8.92. The lowest BCUT2D eigenvalue weighted by molar-refractivity contribution is -0.203. The molecule has 1 fully saturated rings. The van der Waals surface area contributed by atoms with Crippen LogP contribution in [-0.4, -0.2) is 50.4 Å². The van der Waals surface area contributed by atoms with Gasteiger partial charge in [-0.25, -0.2) is 4.79 Å². The first kappa shape index (κ1) is 32.4. The van der Waals surface area contributed by atoms with Crippen molar-refractivity contribution in [3.8, 4) is 5.75 Å². The molecule has 1 N–H and O–H groups in total. The molecule has 0 unspecified atom stereocenters. The molecule has 9 nitrogen and oxygen atoms in total. The summed E-state index contributed by atoms with van der Waals surface area (Å²) in [5.74, 6) is -0.483. The van der Waals surface area contributed by atoms with Crippen molar-refractivity contribution in [1.82, 2.24) is 0 Å². The number of aryl methyl sites for hydroxylation is 1. The van der Waals surface area contributed by atoms with E-state index in [-0.39, 0.29) is 29.8 Å². The third kappa shape index (κ3) is 9.26. The van der Waals surface area contributed by atoms with Crippen LogP contribution < -0.4 is 4.74 Å². The van der Waals surface area contributed by atoms with Gasteiger partial charge in [0.2, 0.25) is 5.79 Å². The summed E-state index contributed by atoms with van der Waals surface area (Å²) in [6.45, 7) is 6.92. The summed E-state index contributed by atoms with van der Waals surface area (Å²) in [4.78, 5) is 24.0. The maximum atomic E-state index is 12.4. The van der Waals surface area contributed by atoms with Crippen LogP contribution in [0.25, 0.3) is 0 Å². The van der Waals surface area contributed by atoms with E-state index in [4.69, 9.17) is 18.4 Å². The summed E-state index contributed by atoms with van der Waals surface area (Å²) >= 11 is 0. The van der Waals surface area contributed by atoms with E-state index >= 15 is 0 Å². The average Bonchev–Trinajstić information content (AvgIpc) is 2.94. The maximum Gasteiger partial charge on any atom is 0.337 e. The SMILES string of the molecule is Cc1ccc(S(=O)(=O)OC[C@H](O)Cc2ccc(O[C@H](/C=C/C3=CC(=O)OC(C)(C)O3)[C@@H]3CC[C@@H](C)C[C@H]3C=O)cc2)cc1. The zero-order chi connectivity index (χ0) is 31.2. The van der Waals surface area contributed by atoms with Gasteiger partial charge in [0.15, 0.2) is 0 Å². The lowest BCUT2D eigenvalue weighted by atomic mass is 9.72. The van der Waals surface area contributed by atoms with Gasteiger partial charge in [0.05, 0.1) is 23.7 Å². The van der Waals surface area contributed by atoms with Crippen LogP contribution in [0, 0.1) is 24.7 Å². The van der Waals surface area contributed by atoms with Gasteiger partial charge in [0.1, 0.15) is 23.9 Å². The number of ether oxygens (including phenoxy) is 3. The van der Waals surface area contributed by atoms with Gasteiger partial charge < -0.3 is 24.1 Å². The van der Waals surface area contributed by atoms with E-state index in [2.05, 4.69) is 6.92 Å². The fourth-order valence-corrected chi connectivity index (χ4v) is 6.35. The number of carbonyl (C=O) groups excluding carboxylic acids is 2. The number of carbonyl (C=O) groups is 2. The van der Waals surface area contributed by atoms with Crippen LogP contribution >= 0.6 is 0 Å². The maximum absolute atomic E-state index is 12.4. The first-order valence-corrected chi connectivity index (χ1v) is 15.9. The van der Waals surface area contributed by atoms with Crippen molar-refractivity contribution in [3.63, 3.8) is 0 Å². The molecule has 0 radical (unpaired) electrons. The van der Waals surface area contributed by atoms with Crippen molar-refractivity contribution in [2.24, 2.45) is 17.8 Å². The fraction of sp³-hybridized carbons (Fsp3) is 0.455. The quantitative estimate of drug-likeness (QED) is 0.199. The van der Waals surface area contributed by atoms with Gasteiger partial charge in [-0.2, -0.15) is 8.42 Å². The van der Waals surface area contributed by atoms with Crippen molar-refractivity contribution < 1.29 is 41.5 Å². The second-order valence-electron chi connectivity index (χ2n) is 11.8. The van der Waals surface area contributed by atoms with Gasteiger partial charge >= 0.3 is 5.97 Å². The lowest BCUT2D eigenvalue weighted by Gasteiger charge is -2.36. The Balaban J connectivity index is 1.42. The van der Waals surface area contributed by atoms with Gasteiger partial charge in [0.25, 0.3) is 10.1 Å². The molecule has 5 atom stereocenters. The lowest BCUT2D eigenvalue weighted by Crippen LogP contribution is -2.36. The zero-order valence-corrected chi connectivity index (χ0v) is 25.8. The predicted octanol–water partition coefficient (Wildman–Crippen LogP) is 5.05. The van der Waals surface area contributed by atoms with Crippen molar-refractivity contribution in [2.45, 2.75) is 76.3 Å². The first-order valence-electron chi connectivity index (χ1n) is 14.5. The normalized spacial score (nSPS) is 23.5. The van der Waals surface area contributed by atoms with Crippen molar-refractivity contribution in [1.29, 1.82) is 0 Å². The molecule has 2 aromatic rings. The number of rotatable bonds is 12. The molecule has 43 heavy (non-hydrogen) atoms. The molecule has 0 spiro atoms. The van der Waals surface area contributed by atoms with Crippen LogP contribution in [0.4, 0.5) is 0 Å². The third-order valence-electron chi connectivity index (χ3n) is 7.63. The van der Waals surface area contributed by atoms with E-state index in [1.807, 2.05) is 13.0 Å². The fourth-order valence-electron chi connectivity index (χ4n) is 5.41. The number of benzene rings is 2. The Hall–Kier alpha value is -3.47. The molecule has 2 aliphatic rings. The molecule has 1 saturated carbocycles. The van der Waals surface area contributed by atoms with Gasteiger partial charge in [-0.15, -0.1) is 0 Å². The van der Waals surface area contributed by atoms with Crippen molar-refractivity contribution in [2.75, 3.05) is 6.61 Å². The minimum absolute atomic E-state index is 0.0367. The molecule has 2 aromatic carbocycles. The van der Waals surface area contributed by atoms with Crippen molar-refractivity contribution in [3.05, 3.63) is 83.6 Å². The Morgan fingerprint density at radius 1 is 1.07 bits per heavy atom. The van der Waals surface area contributed by atoms with E-state index in [1.54, 1.807) is 56.3 Å². The minimum Gasteiger partial charge on any atom is -0.486 e. The highest BCUT2D eigenvalue weighted by Crippen LogP contribution is 2.37. The summed E-state index contributed by atoms with van der Waals surface area (Å²) in [6, 6.07) is 13.4. The van der Waals surface area contributed by atoms with Crippen LogP contribution in [0.15, 0.2) is 77.4 Å². The van der Waals surface area contributed by atoms with E-state index < -0.39 is 34.1 Å². The molecule has 1 aliphatic carbocycles. The average molecular weight is 613 g/mol. The number of hydrogen-bond acceptors (Lipinski definition) is 9. The molecule has 0 amide bonds. The zero-order valence-electron chi connectivity index (χ0n) is 25.0. The van der Waals surface area contributed by atoms with Crippen LogP contribution in [0.3, 0.4) is 0 Å². The summed E-state index contributed by atoms with van der Waals surface area (Å²) in [6.07, 6.45) is 7.01. The van der Waals surface area contributed by atoms with Crippen LogP contribution in [-0.2, 0) is 39.8 Å². The van der Waals surface area contributed by atoms with E-state index in [0.717, 1.165) is 36.7 Å². The number of allylic oxidation sites excluding steroid dienone is 1. The molecular weight excluding hydrogens is 572 g/mol. The molecule has 1 heterocycles. The number of cyclic esters (lactones) is 1. The van der Waals surface area contributed by atoms with E-state index in [0.29, 0.717) is 17.4 Å². The van der Waals surface area contributed by atoms with Crippen molar-refractivity contribution >= 4 is 22.4 Å². The van der Waals surface area contributed by atoms with E-state index in [9.17, 15) is 23.1 Å². The first-order chi connectivity index (χ1) is 20.3. The second kappa shape index (κ2) is 13.9. The topological polar surface area (TPSA) is 125 Å². The minimum atomic E-state index is -3.98. The molecular formula is C33H40O9S. The number of esters is 1. The largest absolute Gasteiger partial charge is 0.486 e.